The van der Waals surface area contributed by atoms with E-state index in [9.17, 15) is 4.79 Å². The van der Waals surface area contributed by atoms with Crippen molar-refractivity contribution < 1.29 is 0 Å². The van der Waals surface area contributed by atoms with Gasteiger partial charge in [0.2, 0.25) is 5.56 Å². The molecule has 2 rings (SSSR count). The highest BCUT2D eigenvalue weighted by atomic mass is 16.1. The summed E-state index contributed by atoms with van der Waals surface area (Å²) in [5.41, 5.74) is 1.57. The van der Waals surface area contributed by atoms with E-state index >= 15 is 0 Å². The average Bonchev–Trinajstić information content (AvgIpc) is 2.62. The number of pyridine rings is 1. The first-order valence-electron chi connectivity index (χ1n) is 3.80. The van der Waals surface area contributed by atoms with Gasteiger partial charge in [0.25, 0.3) is 0 Å². The van der Waals surface area contributed by atoms with Crippen LogP contribution in [0.25, 0.3) is 11.3 Å². The van der Waals surface area contributed by atoms with E-state index in [2.05, 4.69) is 15.4 Å². The van der Waals surface area contributed by atoms with Crippen molar-refractivity contribution in [3.63, 3.8) is 0 Å². The van der Waals surface area contributed by atoms with Gasteiger partial charge in [0.15, 0.2) is 0 Å². The van der Waals surface area contributed by atoms with Crippen molar-refractivity contribution >= 4 is 0 Å². The summed E-state index contributed by atoms with van der Waals surface area (Å²) in [6.07, 6.45) is 3.33. The molecule has 0 bridgehead atoms. The van der Waals surface area contributed by atoms with Gasteiger partial charge < -0.3 is 4.57 Å². The Bertz CT molecular complexity index is 457. The molecule has 0 spiro atoms. The number of aromatic amines is 1. The lowest BCUT2D eigenvalue weighted by Gasteiger charge is -1.98. The van der Waals surface area contributed by atoms with Crippen molar-refractivity contribution in [2.45, 2.75) is 0 Å². The molecule has 0 atom stereocenters. The van der Waals surface area contributed by atoms with Crippen molar-refractivity contribution in [1.82, 2.24) is 20.0 Å². The third-order valence-corrected chi connectivity index (χ3v) is 1.80. The highest BCUT2D eigenvalue weighted by molar-refractivity contribution is 5.55. The zero-order valence-corrected chi connectivity index (χ0v) is 7.06. The molecule has 0 saturated carbocycles. The molecule has 0 aliphatic heterocycles. The van der Waals surface area contributed by atoms with Crippen LogP contribution in [-0.4, -0.2) is 20.0 Å². The zero-order chi connectivity index (χ0) is 9.26. The fraction of sp³-hybridized carbons (Fsp3) is 0.125. The average molecular weight is 176 g/mol. The van der Waals surface area contributed by atoms with E-state index < -0.39 is 0 Å². The highest BCUT2D eigenvalue weighted by Gasteiger charge is 2.00. The van der Waals surface area contributed by atoms with E-state index in [0.717, 1.165) is 11.3 Å². The monoisotopic (exact) mass is 176 g/mol. The van der Waals surface area contributed by atoms with Crippen molar-refractivity contribution in [3.05, 3.63) is 34.9 Å². The maximum Gasteiger partial charge on any atom is 0.250 e. The van der Waals surface area contributed by atoms with E-state index in [0.29, 0.717) is 0 Å². The molecular weight excluding hydrogens is 168 g/mol. The SMILES string of the molecule is Cn1cc(-c2cn[nH]n2)ccc1=O. The van der Waals surface area contributed by atoms with E-state index in [1.54, 1.807) is 25.5 Å². The van der Waals surface area contributed by atoms with Crippen LogP contribution in [0, 0.1) is 0 Å². The van der Waals surface area contributed by atoms with Crippen LogP contribution in [0.2, 0.25) is 0 Å². The Morgan fingerprint density at radius 2 is 2.31 bits per heavy atom. The first-order valence-corrected chi connectivity index (χ1v) is 3.80. The van der Waals surface area contributed by atoms with E-state index in [-0.39, 0.29) is 5.56 Å². The second-order valence-corrected chi connectivity index (χ2v) is 2.72. The minimum Gasteiger partial charge on any atom is -0.318 e. The fourth-order valence-electron chi connectivity index (χ4n) is 1.09. The molecule has 2 aromatic heterocycles. The van der Waals surface area contributed by atoms with Gasteiger partial charge in [-0.3, -0.25) is 4.79 Å². The van der Waals surface area contributed by atoms with E-state index in [1.165, 1.54) is 10.6 Å². The van der Waals surface area contributed by atoms with Gasteiger partial charge in [-0.15, -0.1) is 0 Å². The molecule has 0 saturated heterocycles. The van der Waals surface area contributed by atoms with Gasteiger partial charge >= 0.3 is 0 Å². The summed E-state index contributed by atoms with van der Waals surface area (Å²) in [6, 6.07) is 3.23. The first-order chi connectivity index (χ1) is 6.27. The van der Waals surface area contributed by atoms with Gasteiger partial charge in [-0.05, 0) is 6.07 Å². The number of nitrogens with one attached hydrogen (secondary N) is 1. The van der Waals surface area contributed by atoms with Crippen LogP contribution in [0.1, 0.15) is 0 Å². The molecule has 5 heteroatoms. The number of hydrogen-bond acceptors (Lipinski definition) is 3. The number of H-pyrrole nitrogens is 1. The molecule has 0 radical (unpaired) electrons. The second kappa shape index (κ2) is 2.85. The van der Waals surface area contributed by atoms with Crippen molar-refractivity contribution in [1.29, 1.82) is 0 Å². The highest BCUT2D eigenvalue weighted by Crippen LogP contribution is 2.11. The molecule has 0 aliphatic rings. The molecule has 0 unspecified atom stereocenters. The molecule has 0 aliphatic carbocycles. The molecule has 2 aromatic rings. The Kier molecular flexibility index (Phi) is 1.70. The Hall–Kier alpha value is -1.91. The van der Waals surface area contributed by atoms with Crippen LogP contribution in [0.5, 0.6) is 0 Å². The van der Waals surface area contributed by atoms with Crippen LogP contribution < -0.4 is 5.56 Å². The van der Waals surface area contributed by atoms with Crippen LogP contribution >= 0.6 is 0 Å². The molecule has 1 N–H and O–H groups in total. The number of aromatic nitrogens is 4. The molecule has 13 heavy (non-hydrogen) atoms. The Morgan fingerprint density at radius 1 is 1.46 bits per heavy atom. The normalized spacial score (nSPS) is 10.2. The quantitative estimate of drug-likeness (QED) is 0.673. The summed E-state index contributed by atoms with van der Waals surface area (Å²) in [5, 5.41) is 10.1. The van der Waals surface area contributed by atoms with Gasteiger partial charge in [0.1, 0.15) is 5.69 Å². The molecule has 2 heterocycles. The maximum absolute atomic E-state index is 11.1. The standard InChI is InChI=1S/C8H8N4O/c1-12-5-6(2-3-8(12)13)7-4-9-11-10-7/h2-5H,1H3,(H,9,10,11). The van der Waals surface area contributed by atoms with Crippen LogP contribution in [0.3, 0.4) is 0 Å². The van der Waals surface area contributed by atoms with Crippen LogP contribution in [0.15, 0.2) is 29.3 Å². The summed E-state index contributed by atoms with van der Waals surface area (Å²) in [7, 11) is 1.70. The van der Waals surface area contributed by atoms with Crippen molar-refractivity contribution in [2.24, 2.45) is 7.05 Å². The summed E-state index contributed by atoms with van der Waals surface area (Å²) in [5.74, 6) is 0. The molecular formula is C8H8N4O. The smallest absolute Gasteiger partial charge is 0.250 e. The lowest BCUT2D eigenvalue weighted by molar-refractivity contribution is 0.860. The van der Waals surface area contributed by atoms with E-state index in [4.69, 9.17) is 0 Å². The summed E-state index contributed by atoms with van der Waals surface area (Å²) < 4.78 is 1.50. The van der Waals surface area contributed by atoms with Gasteiger partial charge in [-0.1, -0.05) is 0 Å². The predicted octanol–water partition coefficient (Wildman–Crippen LogP) is 0.170. The van der Waals surface area contributed by atoms with Gasteiger partial charge in [0, 0.05) is 24.9 Å². The lowest BCUT2D eigenvalue weighted by Crippen LogP contribution is -2.13. The Labute approximate surface area is 74.0 Å². The van der Waals surface area contributed by atoms with Crippen molar-refractivity contribution in [2.75, 3.05) is 0 Å². The van der Waals surface area contributed by atoms with Crippen LogP contribution in [0.4, 0.5) is 0 Å². The number of rotatable bonds is 1. The maximum atomic E-state index is 11.1. The summed E-state index contributed by atoms with van der Waals surface area (Å²) >= 11 is 0. The van der Waals surface area contributed by atoms with Crippen molar-refractivity contribution in [3.8, 4) is 11.3 Å². The topological polar surface area (TPSA) is 63.6 Å². The van der Waals surface area contributed by atoms with Gasteiger partial charge in [-0.2, -0.15) is 15.4 Å². The minimum atomic E-state index is -0.0350. The molecule has 0 aromatic carbocycles. The molecule has 0 fully saturated rings. The fourth-order valence-corrected chi connectivity index (χ4v) is 1.09. The van der Waals surface area contributed by atoms with Gasteiger partial charge in [-0.25, -0.2) is 0 Å². The number of hydrogen-bond donors (Lipinski definition) is 1. The Morgan fingerprint density at radius 3 is 2.92 bits per heavy atom. The predicted molar refractivity (Wildman–Crippen MR) is 47.1 cm³/mol. The lowest BCUT2D eigenvalue weighted by atomic mass is 10.2. The Balaban J connectivity index is 2.55. The number of aryl methyl sites for hydroxylation is 1. The zero-order valence-electron chi connectivity index (χ0n) is 7.06. The summed E-state index contributed by atoms with van der Waals surface area (Å²) in [4.78, 5) is 11.1. The number of nitrogens with zero attached hydrogens (tertiary/aromatic N) is 3. The molecule has 5 nitrogen and oxygen atoms in total. The van der Waals surface area contributed by atoms with E-state index in [1.807, 2.05) is 0 Å². The second-order valence-electron chi connectivity index (χ2n) is 2.72. The van der Waals surface area contributed by atoms with Gasteiger partial charge in [0.05, 0.1) is 6.20 Å². The third kappa shape index (κ3) is 1.35. The largest absolute Gasteiger partial charge is 0.318 e. The third-order valence-electron chi connectivity index (χ3n) is 1.80. The molecule has 0 amide bonds. The minimum absolute atomic E-state index is 0.0350. The molecule has 66 valence electrons. The first kappa shape index (κ1) is 7.72. The van der Waals surface area contributed by atoms with Crippen LogP contribution in [-0.2, 0) is 7.05 Å². The summed E-state index contributed by atoms with van der Waals surface area (Å²) in [6.45, 7) is 0.